The van der Waals surface area contributed by atoms with Crippen molar-refractivity contribution in [1.82, 2.24) is 24.5 Å². The van der Waals surface area contributed by atoms with Gasteiger partial charge in [-0.15, -0.1) is 0 Å². The maximum Gasteiger partial charge on any atom is 0.509 e. The number of nitrogen functional groups attached to an aromatic ring is 1. The molecule has 3 aromatic heterocycles. The first-order valence-corrected chi connectivity index (χ1v) is 17.4. The van der Waals surface area contributed by atoms with Crippen LogP contribution in [-0.4, -0.2) is 104 Å². The summed E-state index contributed by atoms with van der Waals surface area (Å²) in [6.45, 7) is -2.24. The molecule has 3 aromatic rings. The zero-order chi connectivity index (χ0) is 33.9. The highest BCUT2D eigenvalue weighted by Crippen LogP contribution is 2.63. The van der Waals surface area contributed by atoms with Crippen LogP contribution in [0.2, 0.25) is 0 Å². The van der Waals surface area contributed by atoms with Gasteiger partial charge in [0.2, 0.25) is 5.52 Å². The van der Waals surface area contributed by atoms with Crippen LogP contribution in [0.5, 0.6) is 0 Å². The van der Waals surface area contributed by atoms with Crippen LogP contribution in [0.3, 0.4) is 0 Å². The fourth-order valence-corrected chi connectivity index (χ4v) is 7.83. The molecule has 0 aromatic carbocycles. The number of nitrogens with one attached hydrogen (secondary N) is 2. The lowest BCUT2D eigenvalue weighted by molar-refractivity contribution is -0.738. The predicted molar refractivity (Wildman–Crippen MR) is 160 cm³/mol. The third kappa shape index (κ3) is 7.85. The first-order valence-electron chi connectivity index (χ1n) is 14.3. The lowest BCUT2D eigenvalue weighted by atomic mass is 10.1. The molecular formula is C25H35N7O13PS+. The van der Waals surface area contributed by atoms with Gasteiger partial charge in [0.1, 0.15) is 24.4 Å². The first-order chi connectivity index (χ1) is 22.4. The normalized spacial score (nSPS) is 27.3. The van der Waals surface area contributed by atoms with E-state index in [1.807, 2.05) is 0 Å². The number of carbonyl (C=O) groups excluding carboxylic acids is 1. The van der Waals surface area contributed by atoms with Gasteiger partial charge < -0.3 is 39.6 Å². The van der Waals surface area contributed by atoms with Crippen LogP contribution in [0, 0.1) is 0 Å². The fraction of sp³-hybridized carbons (Fsp3) is 0.600. The van der Waals surface area contributed by atoms with E-state index in [2.05, 4.69) is 19.9 Å². The van der Waals surface area contributed by atoms with Crippen LogP contribution in [0.25, 0.3) is 11.2 Å². The summed E-state index contributed by atoms with van der Waals surface area (Å²) in [6, 6.07) is 1.09. The van der Waals surface area contributed by atoms with Crippen molar-refractivity contribution in [2.45, 2.75) is 69.3 Å². The maximum atomic E-state index is 14.2. The lowest BCUT2D eigenvalue weighted by Crippen LogP contribution is -2.40. The van der Waals surface area contributed by atoms with Crippen molar-refractivity contribution in [2.75, 3.05) is 32.0 Å². The molecule has 6 N–H and O–H groups in total. The van der Waals surface area contributed by atoms with E-state index in [1.54, 1.807) is 24.7 Å². The van der Waals surface area contributed by atoms with E-state index < -0.39 is 92.4 Å². The minimum absolute atomic E-state index is 0.114. The molecule has 8 atom stereocenters. The number of hydrogen-bond donors (Lipinski definition) is 5. The molecule has 3 unspecified atom stereocenters. The lowest BCUT2D eigenvalue weighted by Gasteiger charge is -2.27. The number of methoxy groups -OCH3 is 1. The Morgan fingerprint density at radius 1 is 1.28 bits per heavy atom. The molecule has 0 radical (unpaired) electrons. The van der Waals surface area contributed by atoms with E-state index in [4.69, 9.17) is 38.5 Å². The molecule has 0 saturated carbocycles. The highest BCUT2D eigenvalue weighted by molar-refractivity contribution is 8.55. The Hall–Kier alpha value is -3.40. The molecule has 2 aliphatic heterocycles. The molecule has 5 heterocycles. The number of rotatable bonds is 13. The van der Waals surface area contributed by atoms with Crippen molar-refractivity contribution in [3.63, 3.8) is 0 Å². The third-order valence-electron chi connectivity index (χ3n) is 7.19. The summed E-state index contributed by atoms with van der Waals surface area (Å²) in [5.41, 5.74) is 5.35. The van der Waals surface area contributed by atoms with Crippen molar-refractivity contribution in [3.05, 3.63) is 45.8 Å². The smallest absolute Gasteiger partial charge is 0.432 e. The van der Waals surface area contributed by atoms with Crippen molar-refractivity contribution in [1.29, 1.82) is 0 Å². The molecule has 258 valence electrons. The van der Waals surface area contributed by atoms with Crippen LogP contribution >= 0.6 is 18.2 Å². The summed E-state index contributed by atoms with van der Waals surface area (Å²) in [6.07, 6.45) is -4.99. The van der Waals surface area contributed by atoms with Crippen LogP contribution < -0.4 is 21.5 Å². The van der Waals surface area contributed by atoms with E-state index in [0.717, 1.165) is 10.6 Å². The van der Waals surface area contributed by atoms with E-state index in [1.165, 1.54) is 19.6 Å². The van der Waals surface area contributed by atoms with Gasteiger partial charge in [0.15, 0.2) is 36.9 Å². The Kier molecular flexibility index (Phi) is 11.0. The highest BCUT2D eigenvalue weighted by Gasteiger charge is 2.51. The molecule has 0 amide bonds. The minimum Gasteiger partial charge on any atom is -0.432 e. The number of ether oxygens (including phenoxy) is 5. The maximum absolute atomic E-state index is 14.2. The van der Waals surface area contributed by atoms with Crippen LogP contribution in [0.4, 0.5) is 10.6 Å². The Morgan fingerprint density at radius 3 is 2.77 bits per heavy atom. The van der Waals surface area contributed by atoms with Crippen LogP contribution in [0.15, 0.2) is 34.5 Å². The fourth-order valence-electron chi connectivity index (χ4n) is 5.04. The third-order valence-corrected chi connectivity index (χ3v) is 10.5. The Bertz CT molecular complexity index is 1720. The largest absolute Gasteiger partial charge is 0.509 e. The van der Waals surface area contributed by atoms with Crippen LogP contribution in [0.1, 0.15) is 32.7 Å². The number of hydrogen-bond acceptors (Lipinski definition) is 17. The summed E-state index contributed by atoms with van der Waals surface area (Å²) < 4.78 is 55.9. The van der Waals surface area contributed by atoms with Crippen molar-refractivity contribution in [3.8, 4) is 0 Å². The second kappa shape index (κ2) is 14.8. The van der Waals surface area contributed by atoms with Gasteiger partial charge in [-0.2, -0.15) is 4.98 Å². The van der Waals surface area contributed by atoms with Crippen molar-refractivity contribution < 1.29 is 56.9 Å². The number of fused-ring (bicyclic) bond motifs is 1. The second-order valence-corrected chi connectivity index (χ2v) is 14.6. The number of carbonyl (C=O) groups is 1. The summed E-state index contributed by atoms with van der Waals surface area (Å²) in [4.78, 5) is 49.3. The van der Waals surface area contributed by atoms with E-state index in [0.29, 0.717) is 22.5 Å². The van der Waals surface area contributed by atoms with Gasteiger partial charge >= 0.3 is 24.3 Å². The summed E-state index contributed by atoms with van der Waals surface area (Å²) in [5.74, 6) is -0.315. The average Bonchev–Trinajstić information content (AvgIpc) is 3.71. The molecule has 2 aliphatic rings. The molecule has 22 heteroatoms. The topological polar surface area (TPSA) is 266 Å². The summed E-state index contributed by atoms with van der Waals surface area (Å²) in [7, 11) is 1.28. The molecule has 20 nitrogen and oxygen atoms in total. The standard InChI is InChI=1S/C25H34N7O13PS/c1-12(2)42-25(37)40-11-47-46(38,45-19-14(7-33)44-23(20(19)39-3)31-5-4-16(35)30-24(31)36)41-8-15-13(34)6-17(43-15)32-10-29-18-21(26)27-9-28-22(18)32/h4-5,9-10,12-15,17,19-20,23,33-34H,6-8,11H2,1-3H3,(H3,26,27,28,30,35,36)/p+1/t13?,14-,15-,17-,19?,20+,23-,46?/m1/s1. The van der Waals surface area contributed by atoms with Gasteiger partial charge in [-0.1, -0.05) is 4.98 Å². The summed E-state index contributed by atoms with van der Waals surface area (Å²) >= 11 is 0.481. The molecule has 0 spiro atoms. The van der Waals surface area contributed by atoms with Gasteiger partial charge in [-0.25, -0.2) is 18.7 Å². The Balaban J connectivity index is 1.34. The van der Waals surface area contributed by atoms with Gasteiger partial charge in [-0.05, 0) is 13.8 Å². The van der Waals surface area contributed by atoms with Gasteiger partial charge in [-0.3, -0.25) is 28.4 Å². The number of anilines is 1. The number of aromatic amines is 2. The zero-order valence-corrected chi connectivity index (χ0v) is 27.1. The number of nitrogens with two attached hydrogens (primary N) is 1. The number of nitrogens with zero attached hydrogens (tertiary/aromatic N) is 4. The van der Waals surface area contributed by atoms with E-state index in [9.17, 15) is 29.2 Å². The molecule has 5 rings (SSSR count). The monoisotopic (exact) mass is 704 g/mol. The molecule has 0 aliphatic carbocycles. The minimum atomic E-state index is -4.38. The first kappa shape index (κ1) is 34.9. The number of imidazole rings is 1. The predicted octanol–water partition coefficient (Wildman–Crippen LogP) is -0.307. The number of aromatic nitrogens is 6. The van der Waals surface area contributed by atoms with E-state index in [-0.39, 0.29) is 12.2 Å². The number of aliphatic hydroxyl groups excluding tert-OH is 2. The van der Waals surface area contributed by atoms with Crippen molar-refractivity contribution in [2.24, 2.45) is 0 Å². The Labute approximate surface area is 269 Å². The van der Waals surface area contributed by atoms with Gasteiger partial charge in [0.05, 0.1) is 25.4 Å². The molecule has 47 heavy (non-hydrogen) atoms. The van der Waals surface area contributed by atoms with Gasteiger partial charge in [0, 0.05) is 37.2 Å². The summed E-state index contributed by atoms with van der Waals surface area (Å²) in [5, 5.41) is 20.9. The average molecular weight is 705 g/mol. The van der Waals surface area contributed by atoms with Crippen molar-refractivity contribution >= 4 is 41.3 Å². The number of aliphatic hydroxyl groups is 2. The molecular weight excluding hydrogens is 669 g/mol. The Morgan fingerprint density at radius 2 is 2.06 bits per heavy atom. The van der Waals surface area contributed by atoms with Gasteiger partial charge in [0.25, 0.3) is 5.56 Å². The SMILES string of the molecule is CO[C@H]1C(OP(=O)(OC[C@H]2O[C@@H]([n+]3c[nH]c4c(N)ncnc43)CC2O)SCOC(=O)OC(C)C)[C@@H](CO)O[C@H]1n1ccc(=O)[nH]c1=O. The van der Waals surface area contributed by atoms with Crippen LogP contribution in [-0.2, 0) is 37.3 Å². The quantitative estimate of drug-likeness (QED) is 0.0661. The highest BCUT2D eigenvalue weighted by atomic mass is 32.7. The number of H-pyrrole nitrogens is 2. The molecule has 2 fully saturated rings. The van der Waals surface area contributed by atoms with E-state index >= 15 is 0 Å². The second-order valence-electron chi connectivity index (χ2n) is 10.7. The zero-order valence-electron chi connectivity index (χ0n) is 25.4. The molecule has 2 saturated heterocycles. The molecule has 0 bridgehead atoms.